The number of carbonyl (C=O) groups is 1. The summed E-state index contributed by atoms with van der Waals surface area (Å²) in [7, 11) is 0. The van der Waals surface area contributed by atoms with E-state index in [0.717, 1.165) is 17.7 Å². The third-order valence-electron chi connectivity index (χ3n) is 4.59. The van der Waals surface area contributed by atoms with Gasteiger partial charge in [0.15, 0.2) is 0 Å². The van der Waals surface area contributed by atoms with Crippen LogP contribution in [0.4, 0.5) is 18.9 Å². The van der Waals surface area contributed by atoms with Crippen molar-refractivity contribution in [2.24, 2.45) is 0 Å². The van der Waals surface area contributed by atoms with Crippen molar-refractivity contribution in [2.75, 3.05) is 11.9 Å². The van der Waals surface area contributed by atoms with Crippen molar-refractivity contribution in [1.29, 1.82) is 0 Å². The van der Waals surface area contributed by atoms with E-state index in [1.54, 1.807) is 38.1 Å². The van der Waals surface area contributed by atoms with E-state index in [0.29, 0.717) is 12.1 Å². The molecule has 0 aliphatic rings. The van der Waals surface area contributed by atoms with Gasteiger partial charge in [-0.2, -0.15) is 13.2 Å². The molecule has 2 aromatic rings. The van der Waals surface area contributed by atoms with Crippen molar-refractivity contribution in [3.8, 4) is 0 Å². The number of carbonyl (C=O) groups excluding carboxylic acids is 1. The molecule has 0 unspecified atom stereocenters. The third-order valence-corrected chi connectivity index (χ3v) is 5.78. The number of aliphatic hydroxyl groups is 1. The molecule has 1 amide bonds. The van der Waals surface area contributed by atoms with Gasteiger partial charge in [0.25, 0.3) is 0 Å². The molecular weight excluding hydrogens is 464 g/mol. The Balaban J connectivity index is 2.22. The SMILES string of the molecule is CCC(=O)N[C@@H](C)c1ccc(NC[C@](O)(c2cc(Cl)c(Cl)c(Cl)c2)C(F)(F)F)cc1. The Morgan fingerprint density at radius 2 is 1.63 bits per heavy atom. The van der Waals surface area contributed by atoms with Gasteiger partial charge in [0, 0.05) is 12.1 Å². The van der Waals surface area contributed by atoms with Gasteiger partial charge in [0.1, 0.15) is 0 Å². The first-order chi connectivity index (χ1) is 13.9. The van der Waals surface area contributed by atoms with E-state index in [1.807, 2.05) is 0 Å². The zero-order valence-corrected chi connectivity index (χ0v) is 18.3. The number of alkyl halides is 3. The molecule has 0 aliphatic carbocycles. The first-order valence-corrected chi connectivity index (χ1v) is 10.1. The van der Waals surface area contributed by atoms with Gasteiger partial charge in [0.2, 0.25) is 11.5 Å². The molecule has 0 radical (unpaired) electrons. The molecule has 0 fully saturated rings. The summed E-state index contributed by atoms with van der Waals surface area (Å²) in [5, 5.41) is 15.4. The number of nitrogens with one attached hydrogen (secondary N) is 2. The third kappa shape index (κ3) is 5.52. The molecule has 3 N–H and O–H groups in total. The van der Waals surface area contributed by atoms with Gasteiger partial charge in [-0.1, -0.05) is 53.9 Å². The summed E-state index contributed by atoms with van der Waals surface area (Å²) >= 11 is 17.5. The van der Waals surface area contributed by atoms with Crippen LogP contribution in [0.25, 0.3) is 0 Å². The van der Waals surface area contributed by atoms with E-state index in [9.17, 15) is 23.1 Å². The van der Waals surface area contributed by atoms with Crippen LogP contribution in [0.5, 0.6) is 0 Å². The standard InChI is InChI=1S/C20H20Cl3F3N2O2/c1-3-17(29)28-11(2)12-4-6-14(7-5-12)27-10-19(30,20(24,25)26)13-8-15(21)18(23)16(22)9-13/h4-9,11,27,30H,3,10H2,1-2H3,(H,28,29)/t11-,19-/m0/s1. The lowest BCUT2D eigenvalue weighted by atomic mass is 9.92. The minimum absolute atomic E-state index is 0.0977. The number of halogens is 6. The summed E-state index contributed by atoms with van der Waals surface area (Å²) in [4.78, 5) is 11.5. The first-order valence-electron chi connectivity index (χ1n) is 8.96. The molecule has 4 nitrogen and oxygen atoms in total. The van der Waals surface area contributed by atoms with E-state index in [-0.39, 0.29) is 27.0 Å². The number of benzene rings is 2. The fourth-order valence-electron chi connectivity index (χ4n) is 2.71. The van der Waals surface area contributed by atoms with Crippen molar-refractivity contribution >= 4 is 46.4 Å². The second-order valence-corrected chi connectivity index (χ2v) is 7.92. The van der Waals surface area contributed by atoms with Gasteiger partial charge >= 0.3 is 6.18 Å². The molecule has 164 valence electrons. The van der Waals surface area contributed by atoms with E-state index in [4.69, 9.17) is 34.8 Å². The predicted molar refractivity (Wildman–Crippen MR) is 113 cm³/mol. The Hall–Kier alpha value is -1.67. The smallest absolute Gasteiger partial charge is 0.381 e. The van der Waals surface area contributed by atoms with Gasteiger partial charge in [0.05, 0.1) is 27.7 Å². The van der Waals surface area contributed by atoms with Crippen LogP contribution in [0.1, 0.15) is 37.4 Å². The molecule has 0 aliphatic heterocycles. The zero-order valence-electron chi connectivity index (χ0n) is 16.1. The van der Waals surface area contributed by atoms with Crippen LogP contribution in [-0.4, -0.2) is 23.7 Å². The quantitative estimate of drug-likeness (QED) is 0.417. The maximum Gasteiger partial charge on any atom is 0.423 e. The summed E-state index contributed by atoms with van der Waals surface area (Å²) in [5.74, 6) is -0.111. The second kappa shape index (κ2) is 9.64. The predicted octanol–water partition coefficient (Wildman–Crippen LogP) is 6.10. The lowest BCUT2D eigenvalue weighted by Crippen LogP contribution is -2.47. The van der Waals surface area contributed by atoms with Gasteiger partial charge < -0.3 is 15.7 Å². The lowest BCUT2D eigenvalue weighted by Gasteiger charge is -2.32. The molecule has 0 saturated heterocycles. The van der Waals surface area contributed by atoms with Crippen molar-refractivity contribution in [3.05, 3.63) is 62.6 Å². The fourth-order valence-corrected chi connectivity index (χ4v) is 3.30. The molecule has 2 rings (SSSR count). The van der Waals surface area contributed by atoms with E-state index in [1.165, 1.54) is 0 Å². The van der Waals surface area contributed by atoms with Gasteiger partial charge in [-0.3, -0.25) is 4.79 Å². The summed E-state index contributed by atoms with van der Waals surface area (Å²) in [6.07, 6.45) is -4.67. The van der Waals surface area contributed by atoms with Crippen molar-refractivity contribution in [1.82, 2.24) is 5.32 Å². The molecule has 10 heteroatoms. The van der Waals surface area contributed by atoms with Crippen LogP contribution < -0.4 is 10.6 Å². The van der Waals surface area contributed by atoms with Crippen LogP contribution in [0, 0.1) is 0 Å². The van der Waals surface area contributed by atoms with Crippen LogP contribution in [0.2, 0.25) is 15.1 Å². The molecule has 0 spiro atoms. The van der Waals surface area contributed by atoms with Crippen LogP contribution in [0.3, 0.4) is 0 Å². The van der Waals surface area contributed by atoms with Crippen LogP contribution in [-0.2, 0) is 10.4 Å². The Bertz CT molecular complexity index is 884. The first kappa shape index (κ1) is 24.6. The van der Waals surface area contributed by atoms with E-state index >= 15 is 0 Å². The summed E-state index contributed by atoms with van der Waals surface area (Å²) in [5.41, 5.74) is -2.66. The normalized spacial score (nSPS) is 14.7. The van der Waals surface area contributed by atoms with Crippen molar-refractivity contribution in [2.45, 2.75) is 38.1 Å². The Morgan fingerprint density at radius 3 is 2.10 bits per heavy atom. The Kier molecular flexibility index (Phi) is 7.91. The van der Waals surface area contributed by atoms with Crippen molar-refractivity contribution in [3.63, 3.8) is 0 Å². The zero-order chi connectivity index (χ0) is 22.7. The molecule has 0 aromatic heterocycles. The highest BCUT2D eigenvalue weighted by molar-refractivity contribution is 6.48. The van der Waals surface area contributed by atoms with E-state index < -0.39 is 23.9 Å². The van der Waals surface area contributed by atoms with Gasteiger partial charge in [-0.05, 0) is 42.3 Å². The highest BCUT2D eigenvalue weighted by Gasteiger charge is 2.55. The maximum atomic E-state index is 13.7. The topological polar surface area (TPSA) is 61.4 Å². The molecule has 2 aromatic carbocycles. The second-order valence-electron chi connectivity index (χ2n) is 6.73. The van der Waals surface area contributed by atoms with Crippen LogP contribution >= 0.6 is 34.8 Å². The minimum atomic E-state index is -5.01. The number of rotatable bonds is 7. The number of amides is 1. The molecule has 2 atom stereocenters. The molecule has 30 heavy (non-hydrogen) atoms. The lowest BCUT2D eigenvalue weighted by molar-refractivity contribution is -0.260. The number of hydrogen-bond donors (Lipinski definition) is 3. The van der Waals surface area contributed by atoms with Crippen LogP contribution in [0.15, 0.2) is 36.4 Å². The average Bonchev–Trinajstić information content (AvgIpc) is 2.69. The highest BCUT2D eigenvalue weighted by Crippen LogP contribution is 2.43. The monoisotopic (exact) mass is 482 g/mol. The molecular formula is C20H20Cl3F3N2O2. The summed E-state index contributed by atoms with van der Waals surface area (Å²) in [6, 6.07) is 8.08. The largest absolute Gasteiger partial charge is 0.423 e. The molecule has 0 heterocycles. The highest BCUT2D eigenvalue weighted by atomic mass is 35.5. The average molecular weight is 484 g/mol. The Labute approximate surface area is 187 Å². The van der Waals surface area contributed by atoms with Gasteiger partial charge in [-0.25, -0.2) is 0 Å². The maximum absolute atomic E-state index is 13.7. The summed E-state index contributed by atoms with van der Waals surface area (Å²) in [6.45, 7) is 2.65. The van der Waals surface area contributed by atoms with Crippen molar-refractivity contribution < 1.29 is 23.1 Å². The minimum Gasteiger partial charge on any atom is -0.381 e. The Morgan fingerprint density at radius 1 is 1.10 bits per heavy atom. The fraction of sp³-hybridized carbons (Fsp3) is 0.350. The molecule has 0 bridgehead atoms. The van der Waals surface area contributed by atoms with Gasteiger partial charge in [-0.15, -0.1) is 0 Å². The number of anilines is 1. The number of hydrogen-bond acceptors (Lipinski definition) is 3. The molecule has 0 saturated carbocycles. The van der Waals surface area contributed by atoms with E-state index in [2.05, 4.69) is 10.6 Å². The summed E-state index contributed by atoms with van der Waals surface area (Å²) < 4.78 is 41.2.